The molecular formula is C9H16N2. The number of hydrogen-bond donors (Lipinski definition) is 1. The lowest BCUT2D eigenvalue weighted by Gasteiger charge is -2.20. The van der Waals surface area contributed by atoms with Gasteiger partial charge < -0.3 is 5.32 Å². The Balaban J connectivity index is 2.07. The zero-order valence-corrected chi connectivity index (χ0v) is 6.97. The highest BCUT2D eigenvalue weighted by molar-refractivity contribution is 5.87. The Morgan fingerprint density at radius 3 is 3.27 bits per heavy atom. The van der Waals surface area contributed by atoms with E-state index in [2.05, 4.69) is 10.3 Å². The molecule has 62 valence electrons. The lowest BCUT2D eigenvalue weighted by molar-refractivity contribution is 0.528. The summed E-state index contributed by atoms with van der Waals surface area (Å²) in [6.45, 7) is 3.44. The molecule has 2 rings (SSSR count). The molecule has 1 fully saturated rings. The second-order valence-electron chi connectivity index (χ2n) is 3.50. The fourth-order valence-electron chi connectivity index (χ4n) is 2.07. The number of nitrogens with zero attached hydrogens (tertiary/aromatic N) is 1. The van der Waals surface area contributed by atoms with E-state index in [0.29, 0.717) is 0 Å². The molecule has 2 heterocycles. The molecule has 1 saturated heterocycles. The van der Waals surface area contributed by atoms with E-state index in [-0.39, 0.29) is 0 Å². The van der Waals surface area contributed by atoms with Crippen molar-refractivity contribution in [1.29, 1.82) is 0 Å². The molecule has 0 aromatic heterocycles. The minimum absolute atomic E-state index is 0.832. The van der Waals surface area contributed by atoms with Gasteiger partial charge in [0, 0.05) is 18.8 Å². The summed E-state index contributed by atoms with van der Waals surface area (Å²) in [5.74, 6) is 0.832. The van der Waals surface area contributed by atoms with Crippen molar-refractivity contribution in [2.24, 2.45) is 10.9 Å². The third kappa shape index (κ3) is 1.62. The van der Waals surface area contributed by atoms with Gasteiger partial charge in [0.2, 0.25) is 0 Å². The van der Waals surface area contributed by atoms with Gasteiger partial charge in [-0.15, -0.1) is 0 Å². The lowest BCUT2D eigenvalue weighted by atomic mass is 9.91. The monoisotopic (exact) mass is 152 g/mol. The normalized spacial score (nSPS) is 32.0. The van der Waals surface area contributed by atoms with Gasteiger partial charge in [0.25, 0.3) is 0 Å². The molecule has 2 aliphatic heterocycles. The van der Waals surface area contributed by atoms with Crippen LogP contribution in [0.3, 0.4) is 0 Å². The van der Waals surface area contributed by atoms with Crippen LogP contribution in [0.5, 0.6) is 0 Å². The van der Waals surface area contributed by atoms with Crippen LogP contribution in [0.1, 0.15) is 25.7 Å². The first-order valence-corrected chi connectivity index (χ1v) is 4.71. The van der Waals surface area contributed by atoms with Crippen LogP contribution in [0.2, 0.25) is 0 Å². The van der Waals surface area contributed by atoms with Gasteiger partial charge in [-0.1, -0.05) is 0 Å². The summed E-state index contributed by atoms with van der Waals surface area (Å²) < 4.78 is 0. The topological polar surface area (TPSA) is 24.4 Å². The predicted octanol–water partition coefficient (Wildman–Crippen LogP) is 1.22. The summed E-state index contributed by atoms with van der Waals surface area (Å²) in [6.07, 6.45) is 5.22. The summed E-state index contributed by atoms with van der Waals surface area (Å²) >= 11 is 0. The number of aliphatic imine (C=N–C) groups is 1. The van der Waals surface area contributed by atoms with Crippen LogP contribution in [-0.2, 0) is 0 Å². The zero-order valence-electron chi connectivity index (χ0n) is 6.97. The van der Waals surface area contributed by atoms with Gasteiger partial charge in [-0.25, -0.2) is 0 Å². The summed E-state index contributed by atoms with van der Waals surface area (Å²) in [5.41, 5.74) is 1.50. The van der Waals surface area contributed by atoms with Gasteiger partial charge in [0.1, 0.15) is 0 Å². The molecule has 0 amide bonds. The maximum atomic E-state index is 4.59. The molecule has 2 heteroatoms. The van der Waals surface area contributed by atoms with Crippen molar-refractivity contribution in [3.05, 3.63) is 0 Å². The molecule has 1 atom stereocenters. The predicted molar refractivity (Wildman–Crippen MR) is 47.1 cm³/mol. The average molecular weight is 152 g/mol. The van der Waals surface area contributed by atoms with Gasteiger partial charge in [-0.3, -0.25) is 4.99 Å². The van der Waals surface area contributed by atoms with E-state index in [9.17, 15) is 0 Å². The summed E-state index contributed by atoms with van der Waals surface area (Å²) in [5, 5.41) is 3.42. The van der Waals surface area contributed by atoms with E-state index in [1.54, 1.807) is 0 Å². The highest BCUT2D eigenvalue weighted by Crippen LogP contribution is 2.21. The first-order chi connectivity index (χ1) is 5.47. The van der Waals surface area contributed by atoms with Crippen molar-refractivity contribution in [2.45, 2.75) is 25.7 Å². The van der Waals surface area contributed by atoms with Gasteiger partial charge in [-0.2, -0.15) is 0 Å². The van der Waals surface area contributed by atoms with E-state index >= 15 is 0 Å². The second-order valence-corrected chi connectivity index (χ2v) is 3.50. The number of nitrogens with one attached hydrogen (secondary N) is 1. The zero-order chi connectivity index (χ0) is 7.52. The lowest BCUT2D eigenvalue weighted by Crippen LogP contribution is -2.19. The molecule has 0 aromatic rings. The number of rotatable bonds is 0. The molecule has 0 radical (unpaired) electrons. The van der Waals surface area contributed by atoms with Gasteiger partial charge in [0.05, 0.1) is 0 Å². The maximum absolute atomic E-state index is 4.59. The van der Waals surface area contributed by atoms with Crippen molar-refractivity contribution < 1.29 is 0 Å². The summed E-state index contributed by atoms with van der Waals surface area (Å²) in [7, 11) is 0. The minimum atomic E-state index is 0.832. The Morgan fingerprint density at radius 2 is 2.27 bits per heavy atom. The minimum Gasteiger partial charge on any atom is -0.316 e. The Labute approximate surface area is 68.1 Å². The van der Waals surface area contributed by atoms with E-state index < -0.39 is 0 Å². The number of fused-ring (bicyclic) bond motifs is 1. The highest BCUT2D eigenvalue weighted by atomic mass is 14.9. The quantitative estimate of drug-likeness (QED) is 0.554. The fraction of sp³-hybridized carbons (Fsp3) is 0.889. The molecule has 0 saturated carbocycles. The first-order valence-electron chi connectivity index (χ1n) is 4.71. The van der Waals surface area contributed by atoms with Gasteiger partial charge >= 0.3 is 0 Å². The molecule has 0 aromatic carbocycles. The Bertz CT molecular complexity index is 163. The van der Waals surface area contributed by atoms with Crippen LogP contribution in [-0.4, -0.2) is 25.3 Å². The van der Waals surface area contributed by atoms with Crippen molar-refractivity contribution in [3.63, 3.8) is 0 Å². The molecule has 1 unspecified atom stereocenters. The third-order valence-electron chi connectivity index (χ3n) is 2.72. The molecule has 2 nitrogen and oxygen atoms in total. The average Bonchev–Trinajstić information content (AvgIpc) is 2.28. The van der Waals surface area contributed by atoms with E-state index in [1.165, 1.54) is 37.9 Å². The van der Waals surface area contributed by atoms with Crippen molar-refractivity contribution in [3.8, 4) is 0 Å². The smallest absolute Gasteiger partial charge is 0.0389 e. The largest absolute Gasteiger partial charge is 0.316 e. The highest BCUT2D eigenvalue weighted by Gasteiger charge is 2.20. The molecule has 0 bridgehead atoms. The van der Waals surface area contributed by atoms with E-state index in [1.807, 2.05) is 0 Å². The van der Waals surface area contributed by atoms with E-state index in [0.717, 1.165) is 19.0 Å². The molecular weight excluding hydrogens is 136 g/mol. The molecule has 2 aliphatic rings. The van der Waals surface area contributed by atoms with Crippen LogP contribution in [0.15, 0.2) is 4.99 Å². The van der Waals surface area contributed by atoms with Crippen molar-refractivity contribution in [1.82, 2.24) is 5.32 Å². The van der Waals surface area contributed by atoms with Gasteiger partial charge in [0.15, 0.2) is 0 Å². The summed E-state index contributed by atoms with van der Waals surface area (Å²) in [6, 6.07) is 0. The SMILES string of the molecule is C1CN=C2CCNCCC2C1. The van der Waals surface area contributed by atoms with Crippen LogP contribution < -0.4 is 5.32 Å². The molecule has 1 N–H and O–H groups in total. The second kappa shape index (κ2) is 3.35. The summed E-state index contributed by atoms with van der Waals surface area (Å²) in [4.78, 5) is 4.59. The molecule has 0 aliphatic carbocycles. The Hall–Kier alpha value is -0.370. The fourth-order valence-corrected chi connectivity index (χ4v) is 2.07. The van der Waals surface area contributed by atoms with Crippen LogP contribution in [0.25, 0.3) is 0 Å². The number of hydrogen-bond acceptors (Lipinski definition) is 2. The van der Waals surface area contributed by atoms with Crippen molar-refractivity contribution in [2.75, 3.05) is 19.6 Å². The molecule has 0 spiro atoms. The first kappa shape index (κ1) is 7.29. The van der Waals surface area contributed by atoms with Crippen molar-refractivity contribution >= 4 is 5.71 Å². The standard InChI is InChI=1S/C9H16N2/c1-2-8-3-6-10-7-4-9(8)11-5-1/h8,10H,1-7H2. The Kier molecular flexibility index (Phi) is 2.22. The van der Waals surface area contributed by atoms with Crippen LogP contribution in [0.4, 0.5) is 0 Å². The third-order valence-corrected chi connectivity index (χ3v) is 2.72. The van der Waals surface area contributed by atoms with Crippen LogP contribution in [0, 0.1) is 5.92 Å². The van der Waals surface area contributed by atoms with Crippen LogP contribution >= 0.6 is 0 Å². The van der Waals surface area contributed by atoms with E-state index in [4.69, 9.17) is 0 Å². The Morgan fingerprint density at radius 1 is 1.27 bits per heavy atom. The maximum Gasteiger partial charge on any atom is 0.0389 e. The van der Waals surface area contributed by atoms with Gasteiger partial charge in [-0.05, 0) is 38.1 Å². The molecule has 11 heavy (non-hydrogen) atoms.